The van der Waals surface area contributed by atoms with Crippen molar-refractivity contribution in [2.45, 2.75) is 6.54 Å². The molecule has 0 radical (unpaired) electrons. The summed E-state index contributed by atoms with van der Waals surface area (Å²) in [5.41, 5.74) is 1.56. The largest absolute Gasteiger partial charge is 0.497 e. The third-order valence-corrected chi connectivity index (χ3v) is 4.05. The molecule has 0 unspecified atom stereocenters. The molecule has 0 fully saturated rings. The molecule has 0 aliphatic carbocycles. The second kappa shape index (κ2) is 7.90. The van der Waals surface area contributed by atoms with E-state index in [9.17, 15) is 9.18 Å². The Kier molecular flexibility index (Phi) is 5.40. The fraction of sp³-hybridized carbons (Fsp3) is 0.200. The maximum Gasteiger partial charge on any atom is 0.254 e. The molecular weight excluding hydrogens is 351 g/mol. The van der Waals surface area contributed by atoms with Gasteiger partial charge in [-0.2, -0.15) is 0 Å². The van der Waals surface area contributed by atoms with Gasteiger partial charge in [-0.1, -0.05) is 11.2 Å². The highest BCUT2D eigenvalue weighted by molar-refractivity contribution is 5.94. The van der Waals surface area contributed by atoms with Crippen molar-refractivity contribution in [1.82, 2.24) is 10.1 Å². The van der Waals surface area contributed by atoms with Gasteiger partial charge >= 0.3 is 0 Å². The molecule has 7 heteroatoms. The lowest BCUT2D eigenvalue weighted by molar-refractivity contribution is 0.0781. The third-order valence-electron chi connectivity index (χ3n) is 4.05. The molecule has 3 aromatic rings. The summed E-state index contributed by atoms with van der Waals surface area (Å²) in [7, 11) is 4.75. The molecule has 0 saturated carbocycles. The number of amides is 1. The van der Waals surface area contributed by atoms with E-state index in [1.807, 2.05) is 6.07 Å². The van der Waals surface area contributed by atoms with Crippen LogP contribution in [0.25, 0.3) is 11.3 Å². The lowest BCUT2D eigenvalue weighted by Crippen LogP contribution is -2.26. The van der Waals surface area contributed by atoms with Crippen LogP contribution in [0, 0.1) is 5.82 Å². The van der Waals surface area contributed by atoms with Crippen molar-refractivity contribution in [2.24, 2.45) is 0 Å². The standard InChI is InChI=1S/C20H19FN2O4/c1-23(20(24)13-5-4-6-14(21)9-13)12-15-10-19(27-22-15)17-8-7-16(25-2)11-18(17)26-3/h4-11H,12H2,1-3H3. The average Bonchev–Trinajstić information content (AvgIpc) is 3.14. The van der Waals surface area contributed by atoms with Crippen LogP contribution in [0.2, 0.25) is 0 Å². The molecule has 6 nitrogen and oxygen atoms in total. The summed E-state index contributed by atoms with van der Waals surface area (Å²) >= 11 is 0. The molecule has 0 N–H and O–H groups in total. The molecule has 0 bridgehead atoms. The predicted molar refractivity (Wildman–Crippen MR) is 97.2 cm³/mol. The number of rotatable bonds is 6. The number of methoxy groups -OCH3 is 2. The minimum absolute atomic E-state index is 0.220. The van der Waals surface area contributed by atoms with Gasteiger partial charge in [-0.3, -0.25) is 4.79 Å². The van der Waals surface area contributed by atoms with Gasteiger partial charge in [0.15, 0.2) is 5.76 Å². The molecule has 1 aromatic heterocycles. The van der Waals surface area contributed by atoms with Gasteiger partial charge in [-0.25, -0.2) is 4.39 Å². The SMILES string of the molecule is COc1ccc(-c2cc(CN(C)C(=O)c3cccc(F)c3)no2)c(OC)c1. The van der Waals surface area contributed by atoms with Gasteiger partial charge < -0.3 is 18.9 Å². The van der Waals surface area contributed by atoms with E-state index in [1.165, 1.54) is 23.1 Å². The Balaban J connectivity index is 1.77. The zero-order valence-electron chi connectivity index (χ0n) is 15.2. The summed E-state index contributed by atoms with van der Waals surface area (Å²) in [5.74, 6) is 0.999. The molecule has 0 saturated heterocycles. The first kappa shape index (κ1) is 18.4. The normalized spacial score (nSPS) is 10.5. The van der Waals surface area contributed by atoms with Crippen LogP contribution in [0.15, 0.2) is 53.1 Å². The Labute approximate surface area is 156 Å². The van der Waals surface area contributed by atoms with E-state index in [2.05, 4.69) is 5.16 Å². The maximum atomic E-state index is 13.3. The number of hydrogen-bond acceptors (Lipinski definition) is 5. The summed E-state index contributed by atoms with van der Waals surface area (Å²) < 4.78 is 29.3. The lowest BCUT2D eigenvalue weighted by atomic mass is 10.1. The Morgan fingerprint density at radius 1 is 1.15 bits per heavy atom. The molecule has 0 aliphatic heterocycles. The van der Waals surface area contributed by atoms with Gasteiger partial charge in [-0.05, 0) is 30.3 Å². The van der Waals surface area contributed by atoms with E-state index >= 15 is 0 Å². The van der Waals surface area contributed by atoms with E-state index in [0.29, 0.717) is 23.0 Å². The maximum absolute atomic E-state index is 13.3. The first-order chi connectivity index (χ1) is 13.0. The van der Waals surface area contributed by atoms with Crippen molar-refractivity contribution in [1.29, 1.82) is 0 Å². The van der Waals surface area contributed by atoms with E-state index < -0.39 is 5.82 Å². The molecule has 1 heterocycles. The molecule has 27 heavy (non-hydrogen) atoms. The first-order valence-corrected chi connectivity index (χ1v) is 8.21. The van der Waals surface area contributed by atoms with Crippen molar-refractivity contribution < 1.29 is 23.2 Å². The highest BCUT2D eigenvalue weighted by Crippen LogP contribution is 2.33. The Morgan fingerprint density at radius 2 is 1.96 bits per heavy atom. The Hall–Kier alpha value is -3.35. The Bertz CT molecular complexity index is 955. The van der Waals surface area contributed by atoms with Crippen LogP contribution in [0.1, 0.15) is 16.1 Å². The molecule has 140 valence electrons. The zero-order valence-corrected chi connectivity index (χ0v) is 15.2. The second-order valence-electron chi connectivity index (χ2n) is 5.92. The highest BCUT2D eigenvalue weighted by Gasteiger charge is 2.17. The molecule has 1 amide bonds. The van der Waals surface area contributed by atoms with Gasteiger partial charge in [0, 0.05) is 24.7 Å². The fourth-order valence-electron chi connectivity index (χ4n) is 2.67. The topological polar surface area (TPSA) is 64.8 Å². The van der Waals surface area contributed by atoms with Crippen molar-refractivity contribution >= 4 is 5.91 Å². The minimum Gasteiger partial charge on any atom is -0.497 e. The summed E-state index contributed by atoms with van der Waals surface area (Å²) in [6, 6.07) is 12.6. The molecule has 0 spiro atoms. The van der Waals surface area contributed by atoms with Crippen LogP contribution in [0.5, 0.6) is 11.5 Å². The lowest BCUT2D eigenvalue weighted by Gasteiger charge is -2.15. The smallest absolute Gasteiger partial charge is 0.254 e. The number of halogens is 1. The van der Waals surface area contributed by atoms with Gasteiger partial charge in [-0.15, -0.1) is 0 Å². The summed E-state index contributed by atoms with van der Waals surface area (Å²) in [4.78, 5) is 13.9. The van der Waals surface area contributed by atoms with E-state index in [0.717, 1.165) is 5.56 Å². The highest BCUT2D eigenvalue weighted by atomic mass is 19.1. The summed E-state index contributed by atoms with van der Waals surface area (Å²) in [6.45, 7) is 0.220. The van der Waals surface area contributed by atoms with Crippen LogP contribution in [0.3, 0.4) is 0 Å². The van der Waals surface area contributed by atoms with E-state index in [4.69, 9.17) is 14.0 Å². The van der Waals surface area contributed by atoms with Crippen LogP contribution in [-0.4, -0.2) is 37.2 Å². The van der Waals surface area contributed by atoms with Crippen molar-refractivity contribution in [2.75, 3.05) is 21.3 Å². The van der Waals surface area contributed by atoms with Crippen molar-refractivity contribution in [3.8, 4) is 22.8 Å². The molecule has 3 rings (SSSR count). The number of nitrogens with zero attached hydrogens (tertiary/aromatic N) is 2. The van der Waals surface area contributed by atoms with Crippen molar-refractivity contribution in [3.05, 3.63) is 65.6 Å². The average molecular weight is 370 g/mol. The molecular formula is C20H19FN2O4. The van der Waals surface area contributed by atoms with Gasteiger partial charge in [0.1, 0.15) is 23.0 Å². The van der Waals surface area contributed by atoms with Crippen LogP contribution >= 0.6 is 0 Å². The molecule has 2 aromatic carbocycles. The van der Waals surface area contributed by atoms with Crippen molar-refractivity contribution in [3.63, 3.8) is 0 Å². The second-order valence-corrected chi connectivity index (χ2v) is 5.92. The summed E-state index contributed by atoms with van der Waals surface area (Å²) in [5, 5.41) is 4.01. The minimum atomic E-state index is -0.454. The van der Waals surface area contributed by atoms with Crippen LogP contribution < -0.4 is 9.47 Å². The van der Waals surface area contributed by atoms with E-state index in [-0.39, 0.29) is 18.0 Å². The van der Waals surface area contributed by atoms with Crippen LogP contribution in [0.4, 0.5) is 4.39 Å². The monoisotopic (exact) mass is 370 g/mol. The number of benzene rings is 2. The van der Waals surface area contributed by atoms with Gasteiger partial charge in [0.25, 0.3) is 5.91 Å². The molecule has 0 atom stereocenters. The summed E-state index contributed by atoms with van der Waals surface area (Å²) in [6.07, 6.45) is 0. The number of carbonyl (C=O) groups excluding carboxylic acids is 1. The van der Waals surface area contributed by atoms with Crippen LogP contribution in [-0.2, 0) is 6.54 Å². The first-order valence-electron chi connectivity index (χ1n) is 8.21. The third kappa shape index (κ3) is 4.08. The van der Waals surface area contributed by atoms with Gasteiger partial charge in [0.2, 0.25) is 0 Å². The predicted octanol–water partition coefficient (Wildman–Crippen LogP) is 3.77. The van der Waals surface area contributed by atoms with Gasteiger partial charge in [0.05, 0.1) is 26.3 Å². The molecule has 0 aliphatic rings. The zero-order chi connectivity index (χ0) is 19.4. The quantitative estimate of drug-likeness (QED) is 0.661. The number of ether oxygens (including phenoxy) is 2. The van der Waals surface area contributed by atoms with E-state index in [1.54, 1.807) is 45.5 Å². The Morgan fingerprint density at radius 3 is 2.67 bits per heavy atom. The fourth-order valence-corrected chi connectivity index (χ4v) is 2.67. The number of carbonyl (C=O) groups is 1. The number of hydrogen-bond donors (Lipinski definition) is 0. The number of aromatic nitrogens is 1.